The fraction of sp³-hybridized carbons (Fsp3) is 0.269. The number of primary amides is 1. The zero-order chi connectivity index (χ0) is 26.1. The number of hydrogen-bond donors (Lipinski definition) is 3. The Morgan fingerprint density at radius 3 is 2.14 bits per heavy atom. The summed E-state index contributed by atoms with van der Waals surface area (Å²) in [6, 6.07) is 12.8. The van der Waals surface area contributed by atoms with E-state index in [2.05, 4.69) is 15.3 Å². The van der Waals surface area contributed by atoms with Crippen LogP contribution in [0.4, 0.5) is 0 Å². The van der Waals surface area contributed by atoms with Gasteiger partial charge in [-0.15, -0.1) is 0 Å². The number of nitrogens with two attached hydrogens (primary N) is 1. The minimum Gasteiger partial charge on any atom is -0.480 e. The lowest BCUT2D eigenvalue weighted by Crippen LogP contribution is -2.50. The summed E-state index contributed by atoms with van der Waals surface area (Å²) in [6.45, 7) is 8.06. The summed E-state index contributed by atoms with van der Waals surface area (Å²) < 4.78 is 0. The van der Waals surface area contributed by atoms with Crippen LogP contribution < -0.4 is 11.1 Å². The largest absolute Gasteiger partial charge is 0.480 e. The molecule has 2 amide bonds. The number of nitrogens with zero attached hydrogens (tertiary/aromatic N) is 2. The average Bonchev–Trinajstić information content (AvgIpc) is 2.78. The standard InChI is InChI=1S/C26H27ClN4O4/c1-13(24(33)31-26(4,5)25(34)35)18-10-11-19(20(27)12-18)16-6-8-17(9-7-16)21-14(2)29-15(3)22(30-21)23(28)32/h6-13H,1-5H3,(H2,28,32)(H,31,33)(H,34,35). The fourth-order valence-corrected chi connectivity index (χ4v) is 3.90. The normalized spacial score (nSPS) is 12.2. The molecule has 8 nitrogen and oxygen atoms in total. The molecule has 1 heterocycles. The number of aliphatic carboxylic acids is 1. The maximum Gasteiger partial charge on any atom is 0.328 e. The summed E-state index contributed by atoms with van der Waals surface area (Å²) in [7, 11) is 0. The number of carboxylic acids is 1. The molecule has 3 rings (SSSR count). The summed E-state index contributed by atoms with van der Waals surface area (Å²) in [4.78, 5) is 44.3. The first-order valence-corrected chi connectivity index (χ1v) is 11.3. The number of carbonyl (C=O) groups excluding carboxylic acids is 2. The number of carbonyl (C=O) groups is 3. The third kappa shape index (κ3) is 5.49. The Labute approximate surface area is 208 Å². The van der Waals surface area contributed by atoms with Gasteiger partial charge in [0.1, 0.15) is 11.2 Å². The van der Waals surface area contributed by atoms with Crippen LogP contribution in [0.5, 0.6) is 0 Å². The summed E-state index contributed by atoms with van der Waals surface area (Å²) in [5.41, 5.74) is 8.97. The Morgan fingerprint density at radius 2 is 1.60 bits per heavy atom. The maximum absolute atomic E-state index is 12.6. The monoisotopic (exact) mass is 494 g/mol. The molecule has 1 aromatic heterocycles. The summed E-state index contributed by atoms with van der Waals surface area (Å²) in [5.74, 6) is -2.75. The molecule has 2 aromatic carbocycles. The van der Waals surface area contributed by atoms with E-state index in [4.69, 9.17) is 17.3 Å². The van der Waals surface area contributed by atoms with Crippen LogP contribution in [-0.4, -0.2) is 38.4 Å². The molecule has 0 bridgehead atoms. The molecule has 182 valence electrons. The van der Waals surface area contributed by atoms with E-state index in [0.717, 1.165) is 16.7 Å². The van der Waals surface area contributed by atoms with E-state index in [-0.39, 0.29) is 5.69 Å². The highest BCUT2D eigenvalue weighted by Gasteiger charge is 2.31. The second-order valence-electron chi connectivity index (χ2n) is 8.91. The van der Waals surface area contributed by atoms with Crippen molar-refractivity contribution in [3.63, 3.8) is 0 Å². The molecule has 1 unspecified atom stereocenters. The quantitative estimate of drug-likeness (QED) is 0.449. The number of halogens is 1. The molecular formula is C26H27ClN4O4. The molecular weight excluding hydrogens is 468 g/mol. The Hall–Kier alpha value is -3.78. The highest BCUT2D eigenvalue weighted by atomic mass is 35.5. The number of carboxylic acid groups (broad SMARTS) is 1. The van der Waals surface area contributed by atoms with Gasteiger partial charge in [-0.05, 0) is 51.8 Å². The summed E-state index contributed by atoms with van der Waals surface area (Å²) in [6.07, 6.45) is 0. The molecule has 4 N–H and O–H groups in total. The van der Waals surface area contributed by atoms with Crippen molar-refractivity contribution in [2.45, 2.75) is 46.1 Å². The van der Waals surface area contributed by atoms with Gasteiger partial charge in [-0.1, -0.05) is 48.0 Å². The average molecular weight is 495 g/mol. The minimum atomic E-state index is -1.38. The number of rotatable bonds is 7. The molecule has 1 atom stereocenters. The van der Waals surface area contributed by atoms with E-state index < -0.39 is 29.2 Å². The first-order valence-electron chi connectivity index (χ1n) is 10.9. The summed E-state index contributed by atoms with van der Waals surface area (Å²) >= 11 is 6.55. The van der Waals surface area contributed by atoms with Crippen LogP contribution in [0.3, 0.4) is 0 Å². The van der Waals surface area contributed by atoms with E-state index in [1.807, 2.05) is 37.3 Å². The number of aryl methyl sites for hydroxylation is 2. The van der Waals surface area contributed by atoms with Gasteiger partial charge in [-0.25, -0.2) is 9.78 Å². The zero-order valence-corrected chi connectivity index (χ0v) is 20.9. The molecule has 0 aliphatic carbocycles. The van der Waals surface area contributed by atoms with Crippen LogP contribution in [0, 0.1) is 13.8 Å². The van der Waals surface area contributed by atoms with Crippen molar-refractivity contribution in [1.29, 1.82) is 0 Å². The summed E-state index contributed by atoms with van der Waals surface area (Å²) in [5, 5.41) is 12.2. The van der Waals surface area contributed by atoms with Crippen molar-refractivity contribution in [3.05, 3.63) is 70.1 Å². The highest BCUT2D eigenvalue weighted by molar-refractivity contribution is 6.33. The predicted octanol–water partition coefficient (Wildman–Crippen LogP) is 4.26. The molecule has 0 saturated heterocycles. The number of amides is 2. The van der Waals surface area contributed by atoms with E-state index >= 15 is 0 Å². The van der Waals surface area contributed by atoms with Crippen molar-refractivity contribution in [2.24, 2.45) is 5.73 Å². The number of aromatic nitrogens is 2. The van der Waals surface area contributed by atoms with Crippen LogP contribution in [0.1, 0.15) is 54.1 Å². The van der Waals surface area contributed by atoms with Gasteiger partial charge in [-0.2, -0.15) is 0 Å². The third-order valence-corrected chi connectivity index (χ3v) is 6.12. The minimum absolute atomic E-state index is 0.137. The zero-order valence-electron chi connectivity index (χ0n) is 20.1. The lowest BCUT2D eigenvalue weighted by Gasteiger charge is -2.23. The second-order valence-corrected chi connectivity index (χ2v) is 9.32. The topological polar surface area (TPSA) is 135 Å². The Kier molecular flexibility index (Phi) is 7.26. The van der Waals surface area contributed by atoms with Crippen molar-refractivity contribution < 1.29 is 19.5 Å². The molecule has 0 radical (unpaired) electrons. The van der Waals surface area contributed by atoms with Gasteiger partial charge in [0, 0.05) is 16.1 Å². The second kappa shape index (κ2) is 9.84. The van der Waals surface area contributed by atoms with Crippen molar-refractivity contribution in [1.82, 2.24) is 15.3 Å². The van der Waals surface area contributed by atoms with Crippen LogP contribution >= 0.6 is 11.6 Å². The number of benzene rings is 2. The predicted molar refractivity (Wildman–Crippen MR) is 134 cm³/mol. The van der Waals surface area contributed by atoms with Gasteiger partial charge >= 0.3 is 5.97 Å². The van der Waals surface area contributed by atoms with Gasteiger partial charge in [0.05, 0.1) is 23.0 Å². The van der Waals surface area contributed by atoms with E-state index in [9.17, 15) is 19.5 Å². The van der Waals surface area contributed by atoms with Crippen LogP contribution in [-0.2, 0) is 9.59 Å². The Bertz CT molecular complexity index is 1320. The third-order valence-electron chi connectivity index (χ3n) is 5.80. The molecule has 0 fully saturated rings. The van der Waals surface area contributed by atoms with Gasteiger partial charge < -0.3 is 16.2 Å². The Morgan fingerprint density at radius 1 is 1.00 bits per heavy atom. The maximum atomic E-state index is 12.6. The molecule has 0 spiro atoms. The molecule has 0 aliphatic rings. The SMILES string of the molecule is Cc1nc(C)c(-c2ccc(-c3ccc(C(C)C(=O)NC(C)(C)C(=O)O)cc3Cl)cc2)nc1C(N)=O. The van der Waals surface area contributed by atoms with Crippen molar-refractivity contribution in [2.75, 3.05) is 0 Å². The van der Waals surface area contributed by atoms with Crippen molar-refractivity contribution in [3.8, 4) is 22.4 Å². The molecule has 0 saturated carbocycles. The molecule has 3 aromatic rings. The van der Waals surface area contributed by atoms with Crippen LogP contribution in [0.2, 0.25) is 5.02 Å². The highest BCUT2D eigenvalue weighted by Crippen LogP contribution is 2.33. The van der Waals surface area contributed by atoms with E-state index in [0.29, 0.717) is 27.7 Å². The fourth-order valence-electron chi connectivity index (χ4n) is 3.60. The van der Waals surface area contributed by atoms with Gasteiger partial charge in [0.15, 0.2) is 0 Å². The van der Waals surface area contributed by atoms with Crippen molar-refractivity contribution >= 4 is 29.4 Å². The lowest BCUT2D eigenvalue weighted by atomic mass is 9.95. The smallest absolute Gasteiger partial charge is 0.328 e. The van der Waals surface area contributed by atoms with Gasteiger partial charge in [0.25, 0.3) is 5.91 Å². The van der Waals surface area contributed by atoms with Crippen LogP contribution in [0.15, 0.2) is 42.5 Å². The number of hydrogen-bond acceptors (Lipinski definition) is 5. The lowest BCUT2D eigenvalue weighted by molar-refractivity contribution is -0.146. The molecule has 35 heavy (non-hydrogen) atoms. The first-order chi connectivity index (χ1) is 16.3. The van der Waals surface area contributed by atoms with Gasteiger partial charge in [-0.3, -0.25) is 14.6 Å². The first kappa shape index (κ1) is 25.8. The van der Waals surface area contributed by atoms with Gasteiger partial charge in [0.2, 0.25) is 5.91 Å². The number of nitrogens with one attached hydrogen (secondary N) is 1. The Balaban J connectivity index is 1.86. The van der Waals surface area contributed by atoms with Crippen LogP contribution in [0.25, 0.3) is 22.4 Å². The molecule has 0 aliphatic heterocycles. The molecule has 9 heteroatoms. The van der Waals surface area contributed by atoms with E-state index in [1.165, 1.54) is 13.8 Å². The van der Waals surface area contributed by atoms with E-state index in [1.54, 1.807) is 26.0 Å².